The average molecular weight is 670 g/mol. The van der Waals surface area contributed by atoms with Gasteiger partial charge in [0.25, 0.3) is 5.56 Å². The van der Waals surface area contributed by atoms with Crippen LogP contribution < -0.4 is 33.8 Å². The van der Waals surface area contributed by atoms with Crippen LogP contribution in [0.2, 0.25) is 10.0 Å². The van der Waals surface area contributed by atoms with Crippen molar-refractivity contribution in [3.63, 3.8) is 0 Å². The molecule has 5 rings (SSSR count). The maximum Gasteiger partial charge on any atom is 0.337 e. The Balaban J connectivity index is 1.52. The minimum Gasteiger partial charge on any atom is -0.493 e. The topological polar surface area (TPSA) is 97.6 Å². The maximum atomic E-state index is 13.9. The van der Waals surface area contributed by atoms with Crippen molar-refractivity contribution in [3.8, 4) is 23.0 Å². The van der Waals surface area contributed by atoms with Crippen LogP contribution >= 0.6 is 34.5 Å². The van der Waals surface area contributed by atoms with Crippen molar-refractivity contribution in [2.75, 3.05) is 27.4 Å². The number of nitrogens with zero attached hydrogens (tertiary/aromatic N) is 2. The number of rotatable bonds is 11. The second-order valence-corrected chi connectivity index (χ2v) is 11.5. The molecule has 0 fully saturated rings. The summed E-state index contributed by atoms with van der Waals surface area (Å²) in [5.41, 5.74) is 2.10. The lowest BCUT2D eigenvalue weighted by Crippen LogP contribution is -2.39. The normalized spacial score (nSPS) is 14.2. The Hall–Kier alpha value is -4.25. The van der Waals surface area contributed by atoms with Crippen molar-refractivity contribution in [2.24, 2.45) is 4.99 Å². The molecule has 4 aromatic rings. The van der Waals surface area contributed by atoms with Crippen LogP contribution in [0, 0.1) is 0 Å². The molecule has 0 aliphatic carbocycles. The van der Waals surface area contributed by atoms with Gasteiger partial charge in [0.2, 0.25) is 0 Å². The molecule has 0 amide bonds. The third-order valence-corrected chi connectivity index (χ3v) is 8.61. The summed E-state index contributed by atoms with van der Waals surface area (Å²) in [6.07, 6.45) is 3.20. The number of fused-ring (bicyclic) bond motifs is 1. The quantitative estimate of drug-likeness (QED) is 0.189. The lowest BCUT2D eigenvalue weighted by atomic mass is 9.97. The van der Waals surface area contributed by atoms with Crippen LogP contribution in [0.1, 0.15) is 36.6 Å². The summed E-state index contributed by atoms with van der Waals surface area (Å²) in [4.78, 5) is 31.7. The van der Waals surface area contributed by atoms with E-state index in [4.69, 9.17) is 46.9 Å². The Labute approximate surface area is 273 Å². The molecule has 12 heteroatoms. The molecule has 0 unspecified atom stereocenters. The fraction of sp³-hybridized carbons (Fsp3) is 0.242. The van der Waals surface area contributed by atoms with Gasteiger partial charge < -0.3 is 23.7 Å². The molecule has 45 heavy (non-hydrogen) atoms. The zero-order valence-electron chi connectivity index (χ0n) is 25.0. The minimum absolute atomic E-state index is 0.216. The fourth-order valence-electron chi connectivity index (χ4n) is 4.82. The fourth-order valence-corrected chi connectivity index (χ4v) is 6.11. The Kier molecular flexibility index (Phi) is 10.2. The van der Waals surface area contributed by atoms with E-state index in [1.54, 1.807) is 55.7 Å². The van der Waals surface area contributed by atoms with Crippen molar-refractivity contribution in [2.45, 2.75) is 26.5 Å². The van der Waals surface area contributed by atoms with Crippen molar-refractivity contribution < 1.29 is 28.5 Å². The molecule has 1 aromatic heterocycles. The number of carbonyl (C=O) groups excluding carboxylic acids is 1. The molecule has 2 heterocycles. The SMILES string of the molecule is CCOc1ccc([C@H]2C(C(=O)OC)=CN=c3s/c(=C\c4ccc(OCc5ccc(Cl)c(Cl)c5)c(OC)c4)c(=O)n32)cc1OCC. The third kappa shape index (κ3) is 6.88. The zero-order chi connectivity index (χ0) is 32.1. The Morgan fingerprint density at radius 2 is 1.64 bits per heavy atom. The molecule has 0 spiro atoms. The van der Waals surface area contributed by atoms with Crippen LogP contribution in [0.15, 0.2) is 76.2 Å². The highest BCUT2D eigenvalue weighted by molar-refractivity contribution is 7.07. The summed E-state index contributed by atoms with van der Waals surface area (Å²) < 4.78 is 30.1. The van der Waals surface area contributed by atoms with E-state index >= 15 is 0 Å². The van der Waals surface area contributed by atoms with Crippen LogP contribution in [0.4, 0.5) is 0 Å². The smallest absolute Gasteiger partial charge is 0.337 e. The first-order valence-corrected chi connectivity index (χ1v) is 15.6. The summed E-state index contributed by atoms with van der Waals surface area (Å²) >= 11 is 13.4. The Bertz CT molecular complexity index is 1950. The van der Waals surface area contributed by atoms with Gasteiger partial charge in [0.05, 0.1) is 53.6 Å². The molecule has 0 saturated heterocycles. The largest absolute Gasteiger partial charge is 0.493 e. The highest BCUT2D eigenvalue weighted by atomic mass is 35.5. The molecule has 0 radical (unpaired) electrons. The number of hydrogen-bond acceptors (Lipinski definition) is 9. The van der Waals surface area contributed by atoms with Gasteiger partial charge in [-0.1, -0.05) is 52.7 Å². The number of esters is 1. The summed E-state index contributed by atoms with van der Waals surface area (Å²) in [7, 11) is 2.83. The first-order chi connectivity index (χ1) is 21.8. The number of carbonyl (C=O) groups is 1. The standard InChI is InChI=1S/C33H30Cl2N2O7S/c1-5-42-26-12-9-21(16-28(26)43-6-2)30-22(32(39)41-4)17-36-33-37(30)31(38)29(45-33)15-19-8-11-25(27(14-19)40-3)44-18-20-7-10-23(34)24(35)13-20/h7-17,30H,5-6,18H2,1-4H3/b29-15-/t30-/m0/s1. The van der Waals surface area contributed by atoms with Crippen LogP contribution in [0.5, 0.6) is 23.0 Å². The maximum absolute atomic E-state index is 13.9. The molecule has 1 atom stereocenters. The van der Waals surface area contributed by atoms with Crippen molar-refractivity contribution in [3.05, 3.63) is 113 Å². The van der Waals surface area contributed by atoms with Gasteiger partial charge in [-0.2, -0.15) is 0 Å². The number of ether oxygens (including phenoxy) is 5. The van der Waals surface area contributed by atoms with E-state index in [9.17, 15) is 9.59 Å². The Morgan fingerprint density at radius 3 is 2.36 bits per heavy atom. The molecule has 9 nitrogen and oxygen atoms in total. The lowest BCUT2D eigenvalue weighted by Gasteiger charge is -2.23. The number of hydrogen-bond donors (Lipinski definition) is 0. The van der Waals surface area contributed by atoms with E-state index < -0.39 is 12.0 Å². The van der Waals surface area contributed by atoms with Crippen molar-refractivity contribution in [1.82, 2.24) is 4.57 Å². The number of benzene rings is 3. The molecule has 3 aromatic carbocycles. The summed E-state index contributed by atoms with van der Waals surface area (Å²) in [6, 6.07) is 15.2. The molecular formula is C33H30Cl2N2O7S. The molecule has 0 saturated carbocycles. The zero-order valence-corrected chi connectivity index (χ0v) is 27.3. The number of thiazole rings is 1. The molecule has 234 valence electrons. The first kappa shape index (κ1) is 32.2. The summed E-state index contributed by atoms with van der Waals surface area (Å²) in [5.74, 6) is 1.49. The molecule has 1 aliphatic rings. The number of halogens is 2. The van der Waals surface area contributed by atoms with Gasteiger partial charge in [0.15, 0.2) is 27.8 Å². The minimum atomic E-state index is -0.794. The van der Waals surface area contributed by atoms with Gasteiger partial charge in [-0.3, -0.25) is 9.36 Å². The van der Waals surface area contributed by atoms with Gasteiger partial charge >= 0.3 is 5.97 Å². The second kappa shape index (κ2) is 14.2. The Morgan fingerprint density at radius 1 is 0.911 bits per heavy atom. The monoisotopic (exact) mass is 668 g/mol. The number of methoxy groups -OCH3 is 2. The van der Waals surface area contributed by atoms with Crippen LogP contribution in [0.25, 0.3) is 6.08 Å². The van der Waals surface area contributed by atoms with E-state index in [0.717, 1.165) is 5.56 Å². The van der Waals surface area contributed by atoms with Crippen LogP contribution in [-0.2, 0) is 16.1 Å². The lowest BCUT2D eigenvalue weighted by molar-refractivity contribution is -0.136. The second-order valence-electron chi connectivity index (χ2n) is 9.70. The molecular weight excluding hydrogens is 639 g/mol. The number of aromatic nitrogens is 1. The predicted octanol–water partition coefficient (Wildman–Crippen LogP) is 5.71. The van der Waals surface area contributed by atoms with Crippen LogP contribution in [0.3, 0.4) is 0 Å². The average Bonchev–Trinajstić information content (AvgIpc) is 3.36. The molecule has 0 N–H and O–H groups in total. The van der Waals surface area contributed by atoms with Gasteiger partial charge in [-0.15, -0.1) is 0 Å². The van der Waals surface area contributed by atoms with E-state index in [1.165, 1.54) is 29.2 Å². The first-order valence-electron chi connectivity index (χ1n) is 14.0. The predicted molar refractivity (Wildman–Crippen MR) is 174 cm³/mol. The highest BCUT2D eigenvalue weighted by Gasteiger charge is 2.31. The van der Waals surface area contributed by atoms with Gasteiger partial charge in [-0.05, 0) is 73.0 Å². The van der Waals surface area contributed by atoms with Crippen molar-refractivity contribution in [1.29, 1.82) is 0 Å². The summed E-state index contributed by atoms with van der Waals surface area (Å²) in [5, 5.41) is 0.912. The van der Waals surface area contributed by atoms with E-state index in [2.05, 4.69) is 4.99 Å². The van der Waals surface area contributed by atoms with Gasteiger partial charge in [0.1, 0.15) is 6.61 Å². The van der Waals surface area contributed by atoms with Gasteiger partial charge in [-0.25, -0.2) is 9.79 Å². The molecule has 1 aliphatic heterocycles. The van der Waals surface area contributed by atoms with Gasteiger partial charge in [0, 0.05) is 6.20 Å². The van der Waals surface area contributed by atoms with Crippen LogP contribution in [-0.4, -0.2) is 38.0 Å². The van der Waals surface area contributed by atoms with E-state index in [1.807, 2.05) is 26.0 Å². The van der Waals surface area contributed by atoms with Crippen molar-refractivity contribution >= 4 is 46.6 Å². The summed E-state index contributed by atoms with van der Waals surface area (Å²) in [6.45, 7) is 4.87. The molecule has 0 bridgehead atoms. The van der Waals surface area contributed by atoms with E-state index in [0.29, 0.717) is 66.7 Å². The van der Waals surface area contributed by atoms with E-state index in [-0.39, 0.29) is 17.7 Å². The highest BCUT2D eigenvalue weighted by Crippen LogP contribution is 2.35. The third-order valence-electron chi connectivity index (χ3n) is 6.87.